The van der Waals surface area contributed by atoms with Gasteiger partial charge < -0.3 is 10.4 Å². The summed E-state index contributed by atoms with van der Waals surface area (Å²) in [5.74, 6) is 0.394. The molecule has 0 atom stereocenters. The maximum absolute atomic E-state index is 12.2. The number of rotatable bonds is 4. The number of thioether (sulfide) groups is 1. The summed E-state index contributed by atoms with van der Waals surface area (Å²) in [6.07, 6.45) is 1.87. The Hall–Kier alpha value is -1.14. The van der Waals surface area contributed by atoms with Gasteiger partial charge >= 0.3 is 0 Å². The van der Waals surface area contributed by atoms with Crippen molar-refractivity contribution in [2.24, 2.45) is 0 Å². The average Bonchev–Trinajstić information content (AvgIpc) is 2.26. The van der Waals surface area contributed by atoms with E-state index in [0.717, 1.165) is 0 Å². The SMILES string of the molecule is CSc1nc(C)nc(C)c1C(=O)NC(C)(C)CO. The Bertz CT molecular complexity index is 461. The first-order valence-corrected chi connectivity index (χ1v) is 6.86. The molecule has 0 aliphatic heterocycles. The van der Waals surface area contributed by atoms with E-state index < -0.39 is 5.54 Å². The Morgan fingerprint density at radius 3 is 2.50 bits per heavy atom. The van der Waals surface area contributed by atoms with Crippen molar-refractivity contribution in [1.82, 2.24) is 15.3 Å². The maximum Gasteiger partial charge on any atom is 0.256 e. The summed E-state index contributed by atoms with van der Waals surface area (Å²) in [5, 5.41) is 12.6. The third-order valence-electron chi connectivity index (χ3n) is 2.44. The second-order valence-corrected chi connectivity index (χ2v) is 5.53. The highest BCUT2D eigenvalue weighted by atomic mass is 32.2. The van der Waals surface area contributed by atoms with Crippen molar-refractivity contribution < 1.29 is 9.90 Å². The lowest BCUT2D eigenvalue weighted by Gasteiger charge is -2.24. The lowest BCUT2D eigenvalue weighted by atomic mass is 10.1. The molecule has 2 N–H and O–H groups in total. The average molecular weight is 269 g/mol. The summed E-state index contributed by atoms with van der Waals surface area (Å²) < 4.78 is 0. The summed E-state index contributed by atoms with van der Waals surface area (Å²) in [6, 6.07) is 0. The molecule has 18 heavy (non-hydrogen) atoms. The molecular formula is C12H19N3O2S. The van der Waals surface area contributed by atoms with Crippen LogP contribution in [-0.2, 0) is 0 Å². The second-order valence-electron chi connectivity index (χ2n) is 4.74. The molecule has 0 unspecified atom stereocenters. The number of carbonyl (C=O) groups excluding carboxylic acids is 1. The standard InChI is InChI=1S/C12H19N3O2S/c1-7-9(10(17)15-12(3,4)6-16)11(18-5)14-8(2)13-7/h16H,6H2,1-5H3,(H,15,17). The highest BCUT2D eigenvalue weighted by Crippen LogP contribution is 2.21. The molecule has 0 saturated heterocycles. The van der Waals surface area contributed by atoms with Crippen molar-refractivity contribution >= 4 is 17.7 Å². The van der Waals surface area contributed by atoms with E-state index in [1.165, 1.54) is 11.8 Å². The molecule has 0 aliphatic rings. The number of aromatic nitrogens is 2. The number of hydrogen-bond acceptors (Lipinski definition) is 5. The molecule has 0 saturated carbocycles. The second kappa shape index (κ2) is 5.67. The number of hydrogen-bond donors (Lipinski definition) is 2. The third kappa shape index (κ3) is 3.43. The minimum Gasteiger partial charge on any atom is -0.394 e. The van der Waals surface area contributed by atoms with E-state index in [2.05, 4.69) is 15.3 Å². The molecule has 0 bridgehead atoms. The molecule has 0 aromatic carbocycles. The zero-order valence-corrected chi connectivity index (χ0v) is 12.2. The summed E-state index contributed by atoms with van der Waals surface area (Å²) >= 11 is 1.41. The van der Waals surface area contributed by atoms with Gasteiger partial charge in [0.1, 0.15) is 10.9 Å². The first kappa shape index (κ1) is 14.9. The van der Waals surface area contributed by atoms with Crippen molar-refractivity contribution in [3.8, 4) is 0 Å². The van der Waals surface area contributed by atoms with Crippen LogP contribution in [-0.4, -0.2) is 39.4 Å². The zero-order chi connectivity index (χ0) is 13.9. The normalized spacial score (nSPS) is 11.4. The number of nitrogens with zero attached hydrogens (tertiary/aromatic N) is 2. The number of aryl methyl sites for hydroxylation is 2. The van der Waals surface area contributed by atoms with Crippen LogP contribution in [0.3, 0.4) is 0 Å². The Morgan fingerprint density at radius 2 is 2.00 bits per heavy atom. The number of carbonyl (C=O) groups is 1. The van der Waals surface area contributed by atoms with Crippen LogP contribution < -0.4 is 5.32 Å². The highest BCUT2D eigenvalue weighted by molar-refractivity contribution is 7.98. The number of amides is 1. The van der Waals surface area contributed by atoms with Gasteiger partial charge in [-0.3, -0.25) is 4.79 Å². The van der Waals surface area contributed by atoms with Gasteiger partial charge in [0.25, 0.3) is 5.91 Å². The van der Waals surface area contributed by atoms with Crippen LogP contribution in [0.25, 0.3) is 0 Å². The summed E-state index contributed by atoms with van der Waals surface area (Å²) in [7, 11) is 0. The molecule has 1 heterocycles. The summed E-state index contributed by atoms with van der Waals surface area (Å²) in [5.41, 5.74) is 0.470. The first-order valence-electron chi connectivity index (χ1n) is 5.63. The van der Waals surface area contributed by atoms with Gasteiger partial charge in [-0.05, 0) is 34.0 Å². The largest absolute Gasteiger partial charge is 0.394 e. The van der Waals surface area contributed by atoms with Crippen LogP contribution in [0.15, 0.2) is 5.03 Å². The molecule has 0 fully saturated rings. The van der Waals surface area contributed by atoms with Crippen molar-refractivity contribution in [3.05, 3.63) is 17.1 Å². The van der Waals surface area contributed by atoms with Gasteiger partial charge in [0, 0.05) is 0 Å². The quantitative estimate of drug-likeness (QED) is 0.637. The van der Waals surface area contributed by atoms with Crippen molar-refractivity contribution in [1.29, 1.82) is 0 Å². The molecule has 5 nitrogen and oxygen atoms in total. The topological polar surface area (TPSA) is 75.1 Å². The minimum absolute atomic E-state index is 0.126. The van der Waals surface area contributed by atoms with E-state index in [-0.39, 0.29) is 12.5 Å². The van der Waals surface area contributed by atoms with E-state index in [0.29, 0.717) is 22.1 Å². The van der Waals surface area contributed by atoms with Gasteiger partial charge in [-0.15, -0.1) is 11.8 Å². The molecule has 1 aromatic rings. The van der Waals surface area contributed by atoms with E-state index in [1.807, 2.05) is 6.26 Å². The van der Waals surface area contributed by atoms with Crippen molar-refractivity contribution in [3.63, 3.8) is 0 Å². The lowest BCUT2D eigenvalue weighted by Crippen LogP contribution is -2.46. The molecule has 100 valence electrons. The van der Waals surface area contributed by atoms with Gasteiger partial charge in [0.05, 0.1) is 23.4 Å². The Morgan fingerprint density at radius 1 is 1.39 bits per heavy atom. The molecule has 0 aliphatic carbocycles. The fourth-order valence-electron chi connectivity index (χ4n) is 1.50. The predicted octanol–water partition coefficient (Wildman–Crippen LogP) is 1.32. The minimum atomic E-state index is -0.663. The Labute approximate surface area is 111 Å². The Balaban J connectivity index is 3.13. The van der Waals surface area contributed by atoms with Crippen LogP contribution in [0.4, 0.5) is 0 Å². The van der Waals surface area contributed by atoms with E-state index in [4.69, 9.17) is 0 Å². The van der Waals surface area contributed by atoms with Crippen LogP contribution in [0.2, 0.25) is 0 Å². The monoisotopic (exact) mass is 269 g/mol. The molecule has 0 radical (unpaired) electrons. The van der Waals surface area contributed by atoms with Crippen molar-refractivity contribution in [2.75, 3.05) is 12.9 Å². The summed E-state index contributed by atoms with van der Waals surface area (Å²) in [6.45, 7) is 6.97. The lowest BCUT2D eigenvalue weighted by molar-refractivity contribution is 0.0864. The van der Waals surface area contributed by atoms with Gasteiger partial charge in [-0.25, -0.2) is 9.97 Å². The molecule has 1 aromatic heterocycles. The third-order valence-corrected chi connectivity index (χ3v) is 3.12. The maximum atomic E-state index is 12.2. The molecular weight excluding hydrogens is 250 g/mol. The van der Waals surface area contributed by atoms with Crippen molar-refractivity contribution in [2.45, 2.75) is 38.3 Å². The van der Waals surface area contributed by atoms with Gasteiger partial charge in [0.15, 0.2) is 0 Å². The molecule has 1 amide bonds. The zero-order valence-electron chi connectivity index (χ0n) is 11.4. The first-order chi connectivity index (χ1) is 8.30. The number of aliphatic hydroxyl groups excluding tert-OH is 1. The number of aliphatic hydroxyl groups is 1. The molecule has 0 spiro atoms. The van der Waals surface area contributed by atoms with Crippen LogP contribution in [0, 0.1) is 13.8 Å². The van der Waals surface area contributed by atoms with Gasteiger partial charge in [-0.1, -0.05) is 0 Å². The van der Waals surface area contributed by atoms with E-state index in [1.54, 1.807) is 27.7 Å². The van der Waals surface area contributed by atoms with Crippen LogP contribution in [0.5, 0.6) is 0 Å². The highest BCUT2D eigenvalue weighted by Gasteiger charge is 2.24. The number of nitrogens with one attached hydrogen (secondary N) is 1. The van der Waals surface area contributed by atoms with Crippen LogP contribution >= 0.6 is 11.8 Å². The van der Waals surface area contributed by atoms with Crippen LogP contribution in [0.1, 0.15) is 35.7 Å². The Kier molecular flexibility index (Phi) is 4.70. The fraction of sp³-hybridized carbons (Fsp3) is 0.583. The summed E-state index contributed by atoms with van der Waals surface area (Å²) in [4.78, 5) is 20.7. The fourth-order valence-corrected chi connectivity index (χ4v) is 2.17. The van der Waals surface area contributed by atoms with E-state index in [9.17, 15) is 9.90 Å². The smallest absolute Gasteiger partial charge is 0.256 e. The van der Waals surface area contributed by atoms with E-state index >= 15 is 0 Å². The van der Waals surface area contributed by atoms with Gasteiger partial charge in [-0.2, -0.15) is 0 Å². The molecule has 6 heteroatoms. The van der Waals surface area contributed by atoms with Gasteiger partial charge in [0.2, 0.25) is 0 Å². The predicted molar refractivity (Wildman–Crippen MR) is 71.9 cm³/mol. The molecule has 1 rings (SSSR count).